The highest BCUT2D eigenvalue weighted by Gasteiger charge is 2.30. The Kier molecular flexibility index (Phi) is 6.48. The van der Waals surface area contributed by atoms with Crippen molar-refractivity contribution in [3.05, 3.63) is 29.8 Å². The van der Waals surface area contributed by atoms with E-state index in [1.807, 2.05) is 6.92 Å². The van der Waals surface area contributed by atoms with Gasteiger partial charge in [0.15, 0.2) is 0 Å². The number of hydrogen-bond donors (Lipinski definition) is 2. The molecule has 1 atom stereocenters. The van der Waals surface area contributed by atoms with Crippen molar-refractivity contribution in [2.24, 2.45) is 5.92 Å². The summed E-state index contributed by atoms with van der Waals surface area (Å²) in [4.78, 5) is 12.1. The molecule has 1 saturated heterocycles. The van der Waals surface area contributed by atoms with E-state index in [1.165, 1.54) is 12.1 Å². The normalized spacial score (nSPS) is 17.3. The van der Waals surface area contributed by atoms with E-state index in [4.69, 9.17) is 4.74 Å². The van der Waals surface area contributed by atoms with Crippen LogP contribution in [0.3, 0.4) is 0 Å². The lowest BCUT2D eigenvalue weighted by Crippen LogP contribution is -2.41. The number of rotatable bonds is 6. The SMILES string of the molecule is CCC(CNC(=O)C1CCNCC1)Oc1cccc(C(F)(F)F)c1. The zero-order valence-corrected chi connectivity index (χ0v) is 13.7. The molecule has 1 fully saturated rings. The molecule has 1 aliphatic heterocycles. The quantitative estimate of drug-likeness (QED) is 0.834. The van der Waals surface area contributed by atoms with Crippen molar-refractivity contribution in [3.8, 4) is 5.75 Å². The van der Waals surface area contributed by atoms with Crippen molar-refractivity contribution in [1.82, 2.24) is 10.6 Å². The van der Waals surface area contributed by atoms with Gasteiger partial charge in [-0.05, 0) is 50.6 Å². The highest BCUT2D eigenvalue weighted by Crippen LogP contribution is 2.31. The van der Waals surface area contributed by atoms with Crippen molar-refractivity contribution in [2.45, 2.75) is 38.5 Å². The average molecular weight is 344 g/mol. The van der Waals surface area contributed by atoms with Crippen LogP contribution in [-0.4, -0.2) is 31.6 Å². The van der Waals surface area contributed by atoms with Crippen LogP contribution in [0, 0.1) is 5.92 Å². The molecule has 134 valence electrons. The van der Waals surface area contributed by atoms with Crippen LogP contribution in [0.2, 0.25) is 0 Å². The van der Waals surface area contributed by atoms with E-state index in [1.54, 1.807) is 0 Å². The Morgan fingerprint density at radius 1 is 1.38 bits per heavy atom. The number of carbonyl (C=O) groups is 1. The fourth-order valence-corrected chi connectivity index (χ4v) is 2.65. The Morgan fingerprint density at radius 2 is 2.08 bits per heavy atom. The molecule has 0 radical (unpaired) electrons. The number of nitrogens with one attached hydrogen (secondary N) is 2. The number of alkyl halides is 3. The first-order valence-electron chi connectivity index (χ1n) is 8.22. The van der Waals surface area contributed by atoms with Crippen LogP contribution in [0.15, 0.2) is 24.3 Å². The van der Waals surface area contributed by atoms with Crippen molar-refractivity contribution in [3.63, 3.8) is 0 Å². The molecule has 7 heteroatoms. The second kappa shape index (κ2) is 8.37. The molecule has 0 bridgehead atoms. The molecule has 4 nitrogen and oxygen atoms in total. The van der Waals surface area contributed by atoms with Gasteiger partial charge in [-0.3, -0.25) is 4.79 Å². The Hall–Kier alpha value is -1.76. The van der Waals surface area contributed by atoms with Gasteiger partial charge in [-0.15, -0.1) is 0 Å². The average Bonchev–Trinajstić information content (AvgIpc) is 2.58. The fraction of sp³-hybridized carbons (Fsp3) is 0.588. The van der Waals surface area contributed by atoms with E-state index in [9.17, 15) is 18.0 Å². The van der Waals surface area contributed by atoms with Crippen LogP contribution in [-0.2, 0) is 11.0 Å². The lowest BCUT2D eigenvalue weighted by molar-refractivity contribution is -0.137. The van der Waals surface area contributed by atoms with Gasteiger partial charge in [0, 0.05) is 5.92 Å². The summed E-state index contributed by atoms with van der Waals surface area (Å²) in [5.41, 5.74) is -0.742. The van der Waals surface area contributed by atoms with Crippen LogP contribution >= 0.6 is 0 Å². The molecule has 2 rings (SSSR count). The summed E-state index contributed by atoms with van der Waals surface area (Å²) in [7, 11) is 0. The second-order valence-corrected chi connectivity index (χ2v) is 5.94. The molecule has 0 aromatic heterocycles. The third-order valence-corrected chi connectivity index (χ3v) is 4.13. The largest absolute Gasteiger partial charge is 0.489 e. The molecule has 0 aliphatic carbocycles. The number of amides is 1. The summed E-state index contributed by atoms with van der Waals surface area (Å²) in [5.74, 6) is 0.146. The number of ether oxygens (including phenoxy) is 1. The molecule has 1 amide bonds. The van der Waals surface area contributed by atoms with E-state index in [-0.39, 0.29) is 30.2 Å². The molecule has 2 N–H and O–H groups in total. The number of carbonyl (C=O) groups excluding carboxylic acids is 1. The summed E-state index contributed by atoms with van der Waals surface area (Å²) < 4.78 is 43.8. The Balaban J connectivity index is 1.88. The third kappa shape index (κ3) is 5.40. The van der Waals surface area contributed by atoms with Gasteiger partial charge >= 0.3 is 6.18 Å². The lowest BCUT2D eigenvalue weighted by atomic mass is 9.97. The van der Waals surface area contributed by atoms with E-state index in [0.717, 1.165) is 38.1 Å². The minimum atomic E-state index is -4.40. The second-order valence-electron chi connectivity index (χ2n) is 5.94. The smallest absolute Gasteiger partial charge is 0.416 e. The summed E-state index contributed by atoms with van der Waals surface area (Å²) >= 11 is 0. The Labute approximate surface area is 139 Å². The highest BCUT2D eigenvalue weighted by molar-refractivity contribution is 5.78. The van der Waals surface area contributed by atoms with Crippen molar-refractivity contribution in [1.29, 1.82) is 0 Å². The van der Waals surface area contributed by atoms with E-state index < -0.39 is 11.7 Å². The molecule has 0 saturated carbocycles. The van der Waals surface area contributed by atoms with Crippen LogP contribution in [0.5, 0.6) is 5.75 Å². The molecule has 24 heavy (non-hydrogen) atoms. The van der Waals surface area contributed by atoms with Gasteiger partial charge < -0.3 is 15.4 Å². The molecule has 0 spiro atoms. The van der Waals surface area contributed by atoms with E-state index in [2.05, 4.69) is 10.6 Å². The van der Waals surface area contributed by atoms with Crippen molar-refractivity contribution < 1.29 is 22.7 Å². The summed E-state index contributed by atoms with van der Waals surface area (Å²) in [6.45, 7) is 3.82. The fourth-order valence-electron chi connectivity index (χ4n) is 2.65. The van der Waals surface area contributed by atoms with Crippen molar-refractivity contribution in [2.75, 3.05) is 19.6 Å². The molecular weight excluding hydrogens is 321 g/mol. The van der Waals surface area contributed by atoms with Crippen molar-refractivity contribution >= 4 is 5.91 Å². The Morgan fingerprint density at radius 3 is 2.71 bits per heavy atom. The van der Waals surface area contributed by atoms with E-state index >= 15 is 0 Å². The first-order valence-corrected chi connectivity index (χ1v) is 8.22. The molecule has 1 aromatic rings. The maximum atomic E-state index is 12.7. The number of halogens is 3. The van der Waals surface area contributed by atoms with Crippen LogP contribution in [0.1, 0.15) is 31.7 Å². The minimum Gasteiger partial charge on any atom is -0.489 e. The number of benzene rings is 1. The topological polar surface area (TPSA) is 50.4 Å². The van der Waals surface area contributed by atoms with E-state index in [0.29, 0.717) is 6.42 Å². The number of piperidine rings is 1. The third-order valence-electron chi connectivity index (χ3n) is 4.13. The molecule has 1 heterocycles. The van der Waals surface area contributed by atoms with Gasteiger partial charge in [-0.25, -0.2) is 0 Å². The van der Waals surface area contributed by atoms with Crippen LogP contribution < -0.4 is 15.4 Å². The predicted molar refractivity (Wildman–Crippen MR) is 84.8 cm³/mol. The molecule has 1 aromatic carbocycles. The first kappa shape index (κ1) is 18.6. The van der Waals surface area contributed by atoms with Crippen LogP contribution in [0.4, 0.5) is 13.2 Å². The maximum Gasteiger partial charge on any atom is 0.416 e. The highest BCUT2D eigenvalue weighted by atomic mass is 19.4. The van der Waals surface area contributed by atoms with Gasteiger partial charge in [0.2, 0.25) is 5.91 Å². The van der Waals surface area contributed by atoms with Crippen LogP contribution in [0.25, 0.3) is 0 Å². The van der Waals surface area contributed by atoms with Gasteiger partial charge in [-0.2, -0.15) is 13.2 Å². The van der Waals surface area contributed by atoms with Gasteiger partial charge in [-0.1, -0.05) is 13.0 Å². The van der Waals surface area contributed by atoms with Gasteiger partial charge in [0.05, 0.1) is 12.1 Å². The molecule has 1 aliphatic rings. The summed E-state index contributed by atoms with van der Waals surface area (Å²) in [6, 6.07) is 4.80. The summed E-state index contributed by atoms with van der Waals surface area (Å²) in [6.07, 6.45) is -2.57. The summed E-state index contributed by atoms with van der Waals surface area (Å²) in [5, 5.41) is 6.05. The zero-order chi connectivity index (χ0) is 17.6. The maximum absolute atomic E-state index is 12.7. The molecule has 1 unspecified atom stereocenters. The van der Waals surface area contributed by atoms with Gasteiger partial charge in [0.25, 0.3) is 0 Å². The number of hydrogen-bond acceptors (Lipinski definition) is 3. The minimum absolute atomic E-state index is 0.00249. The monoisotopic (exact) mass is 344 g/mol. The zero-order valence-electron chi connectivity index (χ0n) is 13.7. The molecular formula is C17H23F3N2O2. The predicted octanol–water partition coefficient (Wildman–Crippen LogP) is 2.98. The first-order chi connectivity index (χ1) is 11.4. The lowest BCUT2D eigenvalue weighted by Gasteiger charge is -2.24. The standard InChI is InChI=1S/C17H23F3N2O2/c1-2-14(11-22-16(23)12-6-8-21-9-7-12)24-15-5-3-4-13(10-15)17(18,19)20/h3-5,10,12,14,21H,2,6-9,11H2,1H3,(H,22,23). The Bertz CT molecular complexity index is 543. The van der Waals surface area contributed by atoms with Gasteiger partial charge in [0.1, 0.15) is 11.9 Å².